The number of methoxy groups -OCH3 is 1. The topological polar surface area (TPSA) is 41.5 Å². The lowest BCUT2D eigenvalue weighted by molar-refractivity contribution is 0.143. The van der Waals surface area contributed by atoms with E-state index in [1.165, 1.54) is 24.0 Å². The van der Waals surface area contributed by atoms with Crippen molar-refractivity contribution in [2.75, 3.05) is 20.3 Å². The number of unbranched alkanes of at least 4 members (excludes halogenated alkanes) is 1. The van der Waals surface area contributed by atoms with Crippen LogP contribution in [0.15, 0.2) is 24.3 Å². The molecule has 2 unspecified atom stereocenters. The summed E-state index contributed by atoms with van der Waals surface area (Å²) in [6.07, 6.45) is 4.36. The van der Waals surface area contributed by atoms with Crippen LogP contribution >= 0.6 is 0 Å². The molecular weight excluding hydrogens is 250 g/mol. The lowest BCUT2D eigenvalue weighted by atomic mass is 10.0. The van der Waals surface area contributed by atoms with Crippen molar-refractivity contribution in [3.8, 4) is 0 Å². The molecule has 1 aromatic carbocycles. The highest BCUT2D eigenvalue weighted by Crippen LogP contribution is 2.16. The molecule has 0 aliphatic heterocycles. The molecule has 2 N–H and O–H groups in total. The van der Waals surface area contributed by atoms with E-state index in [4.69, 9.17) is 9.84 Å². The molecule has 0 fully saturated rings. The third-order valence-electron chi connectivity index (χ3n) is 3.63. The molecule has 0 saturated carbocycles. The minimum atomic E-state index is 0.184. The fourth-order valence-corrected chi connectivity index (χ4v) is 2.38. The second-order valence-corrected chi connectivity index (χ2v) is 5.40. The number of aliphatic hydroxyl groups excluding tert-OH is 1. The summed E-state index contributed by atoms with van der Waals surface area (Å²) in [6.45, 7) is 5.18. The Morgan fingerprint density at radius 1 is 1.25 bits per heavy atom. The summed E-state index contributed by atoms with van der Waals surface area (Å²) in [7, 11) is 1.69. The van der Waals surface area contributed by atoms with Crippen molar-refractivity contribution in [3.63, 3.8) is 0 Å². The molecule has 0 aromatic heterocycles. The van der Waals surface area contributed by atoms with Crippen molar-refractivity contribution in [1.29, 1.82) is 0 Å². The number of hydrogen-bond donors (Lipinski definition) is 2. The molecule has 2 atom stereocenters. The minimum absolute atomic E-state index is 0.184. The van der Waals surface area contributed by atoms with Crippen molar-refractivity contribution in [2.24, 2.45) is 0 Å². The van der Waals surface area contributed by atoms with E-state index in [1.54, 1.807) is 7.11 Å². The first kappa shape index (κ1) is 17.2. The maximum atomic E-state index is 9.07. The first-order valence-electron chi connectivity index (χ1n) is 7.66. The maximum absolute atomic E-state index is 9.07. The molecule has 3 nitrogen and oxygen atoms in total. The standard InChI is InChI=1S/C17H29NO2/c1-4-5-6-15-7-9-16(10-8-15)14(2)18-17(11-12-19)13-20-3/h7-10,14,17-19H,4-6,11-13H2,1-3H3. The van der Waals surface area contributed by atoms with Gasteiger partial charge in [-0.05, 0) is 37.3 Å². The van der Waals surface area contributed by atoms with E-state index in [1.807, 2.05) is 0 Å². The van der Waals surface area contributed by atoms with Crippen molar-refractivity contribution in [3.05, 3.63) is 35.4 Å². The third kappa shape index (κ3) is 6.04. The molecule has 0 saturated heterocycles. The van der Waals surface area contributed by atoms with Gasteiger partial charge in [-0.3, -0.25) is 0 Å². The fourth-order valence-electron chi connectivity index (χ4n) is 2.38. The van der Waals surface area contributed by atoms with Crippen LogP contribution in [0, 0.1) is 0 Å². The normalized spacial score (nSPS) is 14.2. The maximum Gasteiger partial charge on any atom is 0.0616 e. The summed E-state index contributed by atoms with van der Waals surface area (Å²) in [5.74, 6) is 0. The highest BCUT2D eigenvalue weighted by Gasteiger charge is 2.12. The molecule has 0 radical (unpaired) electrons. The van der Waals surface area contributed by atoms with Gasteiger partial charge in [0.2, 0.25) is 0 Å². The zero-order valence-corrected chi connectivity index (χ0v) is 13.1. The number of benzene rings is 1. The Hall–Kier alpha value is -0.900. The molecule has 0 aliphatic rings. The Labute approximate surface area is 123 Å². The summed E-state index contributed by atoms with van der Waals surface area (Å²) < 4.78 is 5.18. The summed E-state index contributed by atoms with van der Waals surface area (Å²) in [6, 6.07) is 9.31. The highest BCUT2D eigenvalue weighted by molar-refractivity contribution is 5.24. The molecule has 20 heavy (non-hydrogen) atoms. The van der Waals surface area contributed by atoms with E-state index in [0.29, 0.717) is 13.0 Å². The quantitative estimate of drug-likeness (QED) is 0.691. The predicted molar refractivity (Wildman–Crippen MR) is 84.0 cm³/mol. The predicted octanol–water partition coefficient (Wildman–Crippen LogP) is 3.08. The smallest absolute Gasteiger partial charge is 0.0616 e. The van der Waals surface area contributed by atoms with Gasteiger partial charge in [0, 0.05) is 25.8 Å². The molecule has 1 aromatic rings. The number of hydrogen-bond acceptors (Lipinski definition) is 3. The van der Waals surface area contributed by atoms with Crippen LogP contribution in [0.4, 0.5) is 0 Å². The number of rotatable bonds is 10. The average molecular weight is 279 g/mol. The Kier molecular flexibility index (Phi) is 8.51. The molecule has 0 heterocycles. The first-order chi connectivity index (χ1) is 9.71. The van der Waals surface area contributed by atoms with Crippen LogP contribution in [0.5, 0.6) is 0 Å². The molecule has 0 bridgehead atoms. The Balaban J connectivity index is 2.54. The van der Waals surface area contributed by atoms with Gasteiger partial charge < -0.3 is 15.2 Å². The zero-order chi connectivity index (χ0) is 14.8. The summed E-state index contributed by atoms with van der Waals surface area (Å²) in [5.41, 5.74) is 2.69. The molecule has 0 amide bonds. The van der Waals surface area contributed by atoms with E-state index in [-0.39, 0.29) is 18.7 Å². The molecular formula is C17H29NO2. The van der Waals surface area contributed by atoms with E-state index < -0.39 is 0 Å². The highest BCUT2D eigenvalue weighted by atomic mass is 16.5. The van der Waals surface area contributed by atoms with Crippen LogP contribution in [-0.4, -0.2) is 31.5 Å². The molecule has 0 aliphatic carbocycles. The molecule has 114 valence electrons. The third-order valence-corrected chi connectivity index (χ3v) is 3.63. The number of aliphatic hydroxyl groups is 1. The van der Waals surface area contributed by atoms with Gasteiger partial charge in [0.05, 0.1) is 6.61 Å². The lowest BCUT2D eigenvalue weighted by Gasteiger charge is -2.22. The van der Waals surface area contributed by atoms with E-state index in [0.717, 1.165) is 6.42 Å². The second kappa shape index (κ2) is 9.92. The van der Waals surface area contributed by atoms with Gasteiger partial charge >= 0.3 is 0 Å². The van der Waals surface area contributed by atoms with E-state index >= 15 is 0 Å². The van der Waals surface area contributed by atoms with Crippen molar-refractivity contribution >= 4 is 0 Å². The van der Waals surface area contributed by atoms with E-state index in [9.17, 15) is 0 Å². The van der Waals surface area contributed by atoms with Gasteiger partial charge in [-0.2, -0.15) is 0 Å². The fraction of sp³-hybridized carbons (Fsp3) is 0.647. The zero-order valence-electron chi connectivity index (χ0n) is 13.1. The molecule has 0 spiro atoms. The van der Waals surface area contributed by atoms with Gasteiger partial charge in [0.1, 0.15) is 0 Å². The minimum Gasteiger partial charge on any atom is -0.396 e. The monoisotopic (exact) mass is 279 g/mol. The largest absolute Gasteiger partial charge is 0.396 e. The second-order valence-electron chi connectivity index (χ2n) is 5.40. The van der Waals surface area contributed by atoms with Crippen molar-refractivity contribution in [1.82, 2.24) is 5.32 Å². The number of ether oxygens (including phenoxy) is 1. The van der Waals surface area contributed by atoms with Crippen LogP contribution in [-0.2, 0) is 11.2 Å². The van der Waals surface area contributed by atoms with Gasteiger partial charge in [-0.1, -0.05) is 37.6 Å². The van der Waals surface area contributed by atoms with Gasteiger partial charge in [0.15, 0.2) is 0 Å². The average Bonchev–Trinajstić information content (AvgIpc) is 2.46. The molecule has 3 heteroatoms. The summed E-state index contributed by atoms with van der Waals surface area (Å²) in [4.78, 5) is 0. The lowest BCUT2D eigenvalue weighted by Crippen LogP contribution is -2.36. The van der Waals surface area contributed by atoms with Crippen LogP contribution in [0.1, 0.15) is 50.3 Å². The van der Waals surface area contributed by atoms with Crippen LogP contribution < -0.4 is 5.32 Å². The summed E-state index contributed by atoms with van der Waals surface area (Å²) >= 11 is 0. The number of nitrogens with one attached hydrogen (secondary N) is 1. The molecule has 1 rings (SSSR count). The summed E-state index contributed by atoms with van der Waals surface area (Å²) in [5, 5.41) is 12.6. The number of aryl methyl sites for hydroxylation is 1. The SMILES string of the molecule is CCCCc1ccc(C(C)NC(CCO)COC)cc1. The van der Waals surface area contributed by atoms with Crippen LogP contribution in [0.25, 0.3) is 0 Å². The van der Waals surface area contributed by atoms with Crippen LogP contribution in [0.3, 0.4) is 0 Å². The van der Waals surface area contributed by atoms with Crippen LogP contribution in [0.2, 0.25) is 0 Å². The Morgan fingerprint density at radius 3 is 2.50 bits per heavy atom. The first-order valence-corrected chi connectivity index (χ1v) is 7.66. The van der Waals surface area contributed by atoms with Crippen molar-refractivity contribution in [2.45, 2.75) is 51.6 Å². The Morgan fingerprint density at radius 2 is 1.95 bits per heavy atom. The van der Waals surface area contributed by atoms with Gasteiger partial charge in [0.25, 0.3) is 0 Å². The Bertz CT molecular complexity index is 345. The van der Waals surface area contributed by atoms with E-state index in [2.05, 4.69) is 43.4 Å². The van der Waals surface area contributed by atoms with Crippen molar-refractivity contribution < 1.29 is 9.84 Å². The van der Waals surface area contributed by atoms with Gasteiger partial charge in [-0.25, -0.2) is 0 Å². The van der Waals surface area contributed by atoms with Gasteiger partial charge in [-0.15, -0.1) is 0 Å².